The first kappa shape index (κ1) is 16.6. The lowest BCUT2D eigenvalue weighted by atomic mass is 9.86. The molecule has 2 N–H and O–H groups in total. The molecule has 122 valence electrons. The van der Waals surface area contributed by atoms with Crippen molar-refractivity contribution in [3.63, 3.8) is 0 Å². The highest BCUT2D eigenvalue weighted by Crippen LogP contribution is 2.26. The molecule has 1 aliphatic carbocycles. The molecule has 0 radical (unpaired) electrons. The maximum absolute atomic E-state index is 12.3. The zero-order valence-corrected chi connectivity index (χ0v) is 13.6. The van der Waals surface area contributed by atoms with Crippen molar-refractivity contribution in [1.82, 2.24) is 4.90 Å². The summed E-state index contributed by atoms with van der Waals surface area (Å²) in [5, 5.41) is 12.9. The van der Waals surface area contributed by atoms with Crippen LogP contribution in [0, 0.1) is 12.8 Å². The molecule has 5 nitrogen and oxygen atoms in total. The van der Waals surface area contributed by atoms with Crippen LogP contribution in [0.15, 0.2) is 18.2 Å². The molecule has 1 aliphatic rings. The number of amides is 2. The summed E-state index contributed by atoms with van der Waals surface area (Å²) in [4.78, 5) is 14.0. The average molecular weight is 306 g/mol. The van der Waals surface area contributed by atoms with E-state index in [2.05, 4.69) is 5.32 Å². The molecule has 0 heterocycles. The van der Waals surface area contributed by atoms with Crippen molar-refractivity contribution < 1.29 is 14.6 Å². The van der Waals surface area contributed by atoms with Crippen LogP contribution in [-0.4, -0.2) is 42.8 Å². The van der Waals surface area contributed by atoms with Gasteiger partial charge in [-0.05, 0) is 31.4 Å². The van der Waals surface area contributed by atoms with Gasteiger partial charge < -0.3 is 20.1 Å². The molecule has 0 aliphatic heterocycles. The van der Waals surface area contributed by atoms with Gasteiger partial charge in [-0.3, -0.25) is 0 Å². The van der Waals surface area contributed by atoms with E-state index in [0.29, 0.717) is 12.3 Å². The lowest BCUT2D eigenvalue weighted by Gasteiger charge is -2.31. The number of ether oxygens (including phenoxy) is 1. The van der Waals surface area contributed by atoms with Gasteiger partial charge in [-0.15, -0.1) is 0 Å². The van der Waals surface area contributed by atoms with E-state index in [1.54, 1.807) is 19.1 Å². The highest BCUT2D eigenvalue weighted by Gasteiger charge is 2.25. The van der Waals surface area contributed by atoms with Crippen LogP contribution in [-0.2, 0) is 0 Å². The first-order chi connectivity index (χ1) is 10.5. The zero-order valence-electron chi connectivity index (χ0n) is 13.6. The molecule has 1 aromatic carbocycles. The maximum Gasteiger partial charge on any atom is 0.321 e. The summed E-state index contributed by atoms with van der Waals surface area (Å²) in [6.45, 7) is 2.52. The largest absolute Gasteiger partial charge is 0.497 e. The number of methoxy groups -OCH3 is 1. The first-order valence-corrected chi connectivity index (χ1v) is 7.86. The van der Waals surface area contributed by atoms with E-state index < -0.39 is 0 Å². The fourth-order valence-electron chi connectivity index (χ4n) is 2.91. The number of aryl methyl sites for hydroxylation is 1. The molecule has 1 aromatic rings. The highest BCUT2D eigenvalue weighted by molar-refractivity contribution is 5.90. The SMILES string of the molecule is COc1ccc(C)c(NC(=O)N(C)C[C@@H]2CCCC[C@H]2O)c1. The lowest BCUT2D eigenvalue weighted by molar-refractivity contribution is 0.0575. The lowest BCUT2D eigenvalue weighted by Crippen LogP contribution is -2.40. The molecule has 0 saturated heterocycles. The number of hydrogen-bond donors (Lipinski definition) is 2. The summed E-state index contributed by atoms with van der Waals surface area (Å²) in [6, 6.07) is 5.44. The predicted octanol–water partition coefficient (Wildman–Crippen LogP) is 3.02. The number of nitrogens with one attached hydrogen (secondary N) is 1. The van der Waals surface area contributed by atoms with Crippen molar-refractivity contribution in [1.29, 1.82) is 0 Å². The third kappa shape index (κ3) is 4.13. The van der Waals surface area contributed by atoms with E-state index >= 15 is 0 Å². The first-order valence-electron chi connectivity index (χ1n) is 7.86. The van der Waals surface area contributed by atoms with Crippen molar-refractivity contribution in [2.75, 3.05) is 26.0 Å². The molecule has 0 bridgehead atoms. The number of urea groups is 1. The van der Waals surface area contributed by atoms with Crippen molar-refractivity contribution in [3.8, 4) is 5.75 Å². The number of carbonyl (C=O) groups excluding carboxylic acids is 1. The number of rotatable bonds is 4. The van der Waals surface area contributed by atoms with E-state index in [9.17, 15) is 9.90 Å². The second kappa shape index (κ2) is 7.49. The Balaban J connectivity index is 1.96. The summed E-state index contributed by atoms with van der Waals surface area (Å²) >= 11 is 0. The molecule has 22 heavy (non-hydrogen) atoms. The standard InChI is InChI=1S/C17H26N2O3/c1-12-8-9-14(22-3)10-15(12)18-17(21)19(2)11-13-6-4-5-7-16(13)20/h8-10,13,16,20H,4-7,11H2,1-3H3,(H,18,21)/t13-,16+/m0/s1. The fourth-order valence-corrected chi connectivity index (χ4v) is 2.91. The number of aliphatic hydroxyl groups is 1. The van der Waals surface area contributed by atoms with Crippen molar-refractivity contribution in [2.24, 2.45) is 5.92 Å². The third-order valence-electron chi connectivity index (χ3n) is 4.41. The highest BCUT2D eigenvalue weighted by atomic mass is 16.5. The van der Waals surface area contributed by atoms with Gasteiger partial charge in [0, 0.05) is 31.3 Å². The molecule has 0 spiro atoms. The molecule has 2 rings (SSSR count). The van der Waals surface area contributed by atoms with Crippen LogP contribution in [0.25, 0.3) is 0 Å². The van der Waals surface area contributed by atoms with E-state index in [0.717, 1.165) is 36.9 Å². The molecular weight excluding hydrogens is 280 g/mol. The Morgan fingerprint density at radius 3 is 2.82 bits per heavy atom. The van der Waals surface area contributed by atoms with Gasteiger partial charge >= 0.3 is 6.03 Å². The summed E-state index contributed by atoms with van der Waals surface area (Å²) in [5.41, 5.74) is 1.74. The Hall–Kier alpha value is -1.75. The Bertz CT molecular complexity index is 519. The van der Waals surface area contributed by atoms with Gasteiger partial charge in [0.25, 0.3) is 0 Å². The Kier molecular flexibility index (Phi) is 5.66. The van der Waals surface area contributed by atoms with Crippen LogP contribution >= 0.6 is 0 Å². The number of hydrogen-bond acceptors (Lipinski definition) is 3. The number of anilines is 1. The second-order valence-corrected chi connectivity index (χ2v) is 6.10. The van der Waals surface area contributed by atoms with E-state index in [1.807, 2.05) is 25.1 Å². The van der Waals surface area contributed by atoms with Gasteiger partial charge in [0.05, 0.1) is 13.2 Å². The van der Waals surface area contributed by atoms with Crippen LogP contribution < -0.4 is 10.1 Å². The predicted molar refractivity (Wildman–Crippen MR) is 87.3 cm³/mol. The minimum Gasteiger partial charge on any atom is -0.497 e. The summed E-state index contributed by atoms with van der Waals surface area (Å²) in [7, 11) is 3.37. The van der Waals surface area contributed by atoms with Crippen molar-refractivity contribution in [3.05, 3.63) is 23.8 Å². The van der Waals surface area contributed by atoms with Crippen LogP contribution in [0.1, 0.15) is 31.2 Å². The van der Waals surface area contributed by atoms with Gasteiger partial charge in [-0.1, -0.05) is 18.9 Å². The van der Waals surface area contributed by atoms with Gasteiger partial charge in [0.1, 0.15) is 5.75 Å². The molecular formula is C17H26N2O3. The van der Waals surface area contributed by atoms with E-state index in [1.165, 1.54) is 0 Å². The minimum atomic E-state index is -0.289. The van der Waals surface area contributed by atoms with Gasteiger partial charge in [-0.25, -0.2) is 4.79 Å². The molecule has 2 atom stereocenters. The molecule has 0 unspecified atom stereocenters. The van der Waals surface area contributed by atoms with Gasteiger partial charge in [0.2, 0.25) is 0 Å². The Morgan fingerprint density at radius 2 is 2.14 bits per heavy atom. The quantitative estimate of drug-likeness (QED) is 0.899. The van der Waals surface area contributed by atoms with Crippen LogP contribution in [0.3, 0.4) is 0 Å². The van der Waals surface area contributed by atoms with Crippen LogP contribution in [0.5, 0.6) is 5.75 Å². The number of benzene rings is 1. The molecule has 5 heteroatoms. The van der Waals surface area contributed by atoms with E-state index in [-0.39, 0.29) is 18.1 Å². The van der Waals surface area contributed by atoms with Crippen molar-refractivity contribution >= 4 is 11.7 Å². The third-order valence-corrected chi connectivity index (χ3v) is 4.41. The average Bonchev–Trinajstić information content (AvgIpc) is 2.51. The molecule has 0 aromatic heterocycles. The second-order valence-electron chi connectivity index (χ2n) is 6.10. The monoisotopic (exact) mass is 306 g/mol. The molecule has 1 fully saturated rings. The van der Waals surface area contributed by atoms with Crippen molar-refractivity contribution in [2.45, 2.75) is 38.7 Å². The van der Waals surface area contributed by atoms with Crippen LogP contribution in [0.4, 0.5) is 10.5 Å². The number of nitrogens with zero attached hydrogens (tertiary/aromatic N) is 1. The van der Waals surface area contributed by atoms with E-state index in [4.69, 9.17) is 4.74 Å². The topological polar surface area (TPSA) is 61.8 Å². The Morgan fingerprint density at radius 1 is 1.41 bits per heavy atom. The summed E-state index contributed by atoms with van der Waals surface area (Å²) in [5.74, 6) is 0.891. The zero-order chi connectivity index (χ0) is 16.1. The molecule has 1 saturated carbocycles. The maximum atomic E-state index is 12.3. The fraction of sp³-hybridized carbons (Fsp3) is 0.588. The normalized spacial score (nSPS) is 21.3. The number of aliphatic hydroxyl groups excluding tert-OH is 1. The smallest absolute Gasteiger partial charge is 0.321 e. The Labute approximate surface area is 132 Å². The van der Waals surface area contributed by atoms with Crippen LogP contribution in [0.2, 0.25) is 0 Å². The summed E-state index contributed by atoms with van der Waals surface area (Å²) in [6.07, 6.45) is 3.75. The molecule has 2 amide bonds. The number of carbonyl (C=O) groups is 1. The summed E-state index contributed by atoms with van der Waals surface area (Å²) < 4.78 is 5.19. The van der Waals surface area contributed by atoms with Gasteiger partial charge in [0.15, 0.2) is 0 Å². The van der Waals surface area contributed by atoms with Gasteiger partial charge in [-0.2, -0.15) is 0 Å². The minimum absolute atomic E-state index is 0.158.